The highest BCUT2D eigenvalue weighted by molar-refractivity contribution is 4.50. The summed E-state index contributed by atoms with van der Waals surface area (Å²) in [6.45, 7) is 16.0. The number of halogens is 1. The van der Waals surface area contributed by atoms with Crippen molar-refractivity contribution in [2.24, 2.45) is 0 Å². The number of quaternary nitrogens is 1. The van der Waals surface area contributed by atoms with Crippen LogP contribution in [-0.4, -0.2) is 37.0 Å². The third-order valence-corrected chi connectivity index (χ3v) is 4.05. The Hall–Kier alpha value is 0.400. The van der Waals surface area contributed by atoms with Crippen LogP contribution in [0, 0.1) is 0 Å². The molecule has 0 N–H and O–H groups in total. The van der Waals surface area contributed by atoms with Crippen LogP contribution in [0.4, 0.5) is 0 Å². The Labute approximate surface area is 132 Å². The van der Waals surface area contributed by atoms with Crippen LogP contribution in [0.2, 0.25) is 0 Å². The van der Waals surface area contributed by atoms with Crippen molar-refractivity contribution in [3.63, 3.8) is 0 Å². The first-order valence-electron chi connectivity index (χ1n) is 8.14. The topological polar surface area (TPSA) is 9.23 Å². The molecular weight excluding hydrogens is 302 g/mol. The summed E-state index contributed by atoms with van der Waals surface area (Å²) in [5.41, 5.74) is 0. The van der Waals surface area contributed by atoms with Crippen LogP contribution in [0.25, 0.3) is 0 Å². The van der Waals surface area contributed by atoms with Crippen LogP contribution >= 0.6 is 0 Å². The van der Waals surface area contributed by atoms with Crippen molar-refractivity contribution >= 4 is 0 Å². The third kappa shape index (κ3) is 8.31. The Kier molecular flexibility index (Phi) is 15.3. The van der Waals surface area contributed by atoms with Gasteiger partial charge in [0.15, 0.2) is 6.23 Å². The highest BCUT2D eigenvalue weighted by Gasteiger charge is 2.32. The zero-order valence-electron chi connectivity index (χ0n) is 13.9. The quantitative estimate of drug-likeness (QED) is 0.388. The van der Waals surface area contributed by atoms with Crippen LogP contribution in [-0.2, 0) is 4.74 Å². The molecule has 118 valence electrons. The third-order valence-electron chi connectivity index (χ3n) is 4.05. The van der Waals surface area contributed by atoms with Crippen molar-refractivity contribution in [1.29, 1.82) is 0 Å². The summed E-state index contributed by atoms with van der Waals surface area (Å²) in [5, 5.41) is 0. The molecule has 0 rings (SSSR count). The van der Waals surface area contributed by atoms with E-state index in [1.54, 1.807) is 0 Å². The zero-order chi connectivity index (χ0) is 13.9. The van der Waals surface area contributed by atoms with Gasteiger partial charge >= 0.3 is 0 Å². The number of hydrogen-bond acceptors (Lipinski definition) is 1. The summed E-state index contributed by atoms with van der Waals surface area (Å²) in [6.07, 6.45) is 8.20. The van der Waals surface area contributed by atoms with Crippen molar-refractivity contribution in [1.82, 2.24) is 0 Å². The lowest BCUT2D eigenvalue weighted by Crippen LogP contribution is -3.00. The highest BCUT2D eigenvalue weighted by atomic mass is 79.9. The standard InChI is InChI=1S/C16H36NO.BrH/c1-6-10-13-17(14-11-7-2,15-12-8-3)16(5)18-9-4;/h16H,6-15H2,1-5H3;1H/q+1;/p-1. The fourth-order valence-electron chi connectivity index (χ4n) is 2.70. The fraction of sp³-hybridized carbons (Fsp3) is 1.00. The molecule has 0 fully saturated rings. The van der Waals surface area contributed by atoms with E-state index in [1.165, 1.54) is 62.6 Å². The molecular formula is C16H36BrNO. The molecule has 1 atom stereocenters. The monoisotopic (exact) mass is 337 g/mol. The minimum absolute atomic E-state index is 0. The summed E-state index contributed by atoms with van der Waals surface area (Å²) >= 11 is 0. The maximum atomic E-state index is 5.97. The first-order valence-corrected chi connectivity index (χ1v) is 8.14. The first kappa shape index (κ1) is 21.7. The first-order chi connectivity index (χ1) is 8.66. The minimum atomic E-state index is 0. The Balaban J connectivity index is 0. The van der Waals surface area contributed by atoms with Gasteiger partial charge in [-0.3, -0.25) is 4.48 Å². The van der Waals surface area contributed by atoms with Crippen LogP contribution in [0.1, 0.15) is 73.1 Å². The largest absolute Gasteiger partial charge is 1.00 e. The lowest BCUT2D eigenvalue weighted by Gasteiger charge is -2.43. The molecule has 1 unspecified atom stereocenters. The minimum Gasteiger partial charge on any atom is -1.00 e. The van der Waals surface area contributed by atoms with Crippen molar-refractivity contribution in [2.75, 3.05) is 26.2 Å². The predicted molar refractivity (Wildman–Crippen MR) is 80.7 cm³/mol. The van der Waals surface area contributed by atoms with E-state index >= 15 is 0 Å². The Morgan fingerprint density at radius 1 is 0.789 bits per heavy atom. The van der Waals surface area contributed by atoms with Gasteiger partial charge in [-0.1, -0.05) is 40.0 Å². The van der Waals surface area contributed by atoms with Gasteiger partial charge in [0.05, 0.1) is 26.2 Å². The molecule has 0 aliphatic carbocycles. The normalized spacial score (nSPS) is 13.1. The van der Waals surface area contributed by atoms with E-state index < -0.39 is 0 Å². The van der Waals surface area contributed by atoms with Gasteiger partial charge in [0.2, 0.25) is 0 Å². The van der Waals surface area contributed by atoms with Gasteiger partial charge in [0.25, 0.3) is 0 Å². The van der Waals surface area contributed by atoms with Gasteiger partial charge in [0, 0.05) is 6.92 Å². The smallest absolute Gasteiger partial charge is 0.190 e. The van der Waals surface area contributed by atoms with Crippen LogP contribution in [0.3, 0.4) is 0 Å². The summed E-state index contributed by atoms with van der Waals surface area (Å²) in [4.78, 5) is 0. The molecule has 0 aromatic carbocycles. The average Bonchev–Trinajstić information content (AvgIpc) is 2.38. The Morgan fingerprint density at radius 3 is 1.42 bits per heavy atom. The van der Waals surface area contributed by atoms with Gasteiger partial charge in [0.1, 0.15) is 0 Å². The van der Waals surface area contributed by atoms with Gasteiger partial charge in [-0.25, -0.2) is 0 Å². The van der Waals surface area contributed by atoms with E-state index in [-0.39, 0.29) is 17.0 Å². The molecule has 2 nitrogen and oxygen atoms in total. The molecule has 3 heteroatoms. The second-order valence-corrected chi connectivity index (χ2v) is 5.50. The molecule has 0 heterocycles. The number of hydrogen-bond donors (Lipinski definition) is 0. The SMILES string of the molecule is CCCC[N+](CCCC)(CCCC)C(C)OCC.[Br-]. The lowest BCUT2D eigenvalue weighted by molar-refractivity contribution is -0.970. The highest BCUT2D eigenvalue weighted by Crippen LogP contribution is 2.20. The molecule has 0 aliphatic heterocycles. The summed E-state index contributed by atoms with van der Waals surface area (Å²) in [6, 6.07) is 0. The number of rotatable bonds is 12. The molecule has 0 aromatic rings. The van der Waals surface area contributed by atoms with Crippen LogP contribution < -0.4 is 17.0 Å². The predicted octanol–water partition coefficient (Wildman–Crippen LogP) is 1.59. The lowest BCUT2D eigenvalue weighted by atomic mass is 10.1. The van der Waals surface area contributed by atoms with Gasteiger partial charge in [-0.15, -0.1) is 0 Å². The number of unbranched alkanes of at least 4 members (excludes halogenated alkanes) is 3. The van der Waals surface area contributed by atoms with Gasteiger partial charge in [-0.2, -0.15) is 0 Å². The molecule has 0 bridgehead atoms. The zero-order valence-corrected chi connectivity index (χ0v) is 15.5. The molecule has 0 radical (unpaired) electrons. The van der Waals surface area contributed by atoms with Crippen LogP contribution in [0.5, 0.6) is 0 Å². The second-order valence-electron chi connectivity index (χ2n) is 5.50. The second kappa shape index (κ2) is 13.4. The van der Waals surface area contributed by atoms with Crippen molar-refractivity contribution < 1.29 is 26.2 Å². The Bertz CT molecular complexity index is 166. The van der Waals surface area contributed by atoms with E-state index in [0.29, 0.717) is 6.23 Å². The molecule has 19 heavy (non-hydrogen) atoms. The van der Waals surface area contributed by atoms with E-state index in [4.69, 9.17) is 4.74 Å². The summed E-state index contributed by atoms with van der Waals surface area (Å²) in [5.74, 6) is 0. The van der Waals surface area contributed by atoms with Crippen molar-refractivity contribution in [2.45, 2.75) is 79.4 Å². The molecule has 0 saturated carbocycles. The molecule has 0 aliphatic rings. The van der Waals surface area contributed by atoms with E-state index in [1.807, 2.05) is 0 Å². The molecule has 0 saturated heterocycles. The van der Waals surface area contributed by atoms with E-state index in [2.05, 4.69) is 34.6 Å². The van der Waals surface area contributed by atoms with Crippen LogP contribution in [0.15, 0.2) is 0 Å². The number of nitrogens with zero attached hydrogens (tertiary/aromatic N) is 1. The van der Waals surface area contributed by atoms with Gasteiger partial charge in [-0.05, 0) is 26.2 Å². The molecule has 0 aromatic heterocycles. The molecule has 0 spiro atoms. The summed E-state index contributed by atoms with van der Waals surface area (Å²) in [7, 11) is 0. The Morgan fingerprint density at radius 2 is 1.16 bits per heavy atom. The maximum Gasteiger partial charge on any atom is 0.190 e. The molecule has 0 amide bonds. The van der Waals surface area contributed by atoms with Crippen molar-refractivity contribution in [3.8, 4) is 0 Å². The van der Waals surface area contributed by atoms with E-state index in [9.17, 15) is 0 Å². The maximum absolute atomic E-state index is 5.97. The van der Waals surface area contributed by atoms with Crippen molar-refractivity contribution in [3.05, 3.63) is 0 Å². The van der Waals surface area contributed by atoms with Gasteiger partial charge < -0.3 is 21.7 Å². The summed E-state index contributed by atoms with van der Waals surface area (Å²) < 4.78 is 7.15. The fourth-order valence-corrected chi connectivity index (χ4v) is 2.70. The van der Waals surface area contributed by atoms with E-state index in [0.717, 1.165) is 6.61 Å². The average molecular weight is 338 g/mol. The number of ether oxygens (including phenoxy) is 1.